The van der Waals surface area contributed by atoms with E-state index in [4.69, 9.17) is 0 Å². The second-order valence-corrected chi connectivity index (χ2v) is 6.25. The molecule has 1 saturated heterocycles. The highest BCUT2D eigenvalue weighted by molar-refractivity contribution is 6.04. The molecule has 0 aliphatic carbocycles. The summed E-state index contributed by atoms with van der Waals surface area (Å²) in [4.78, 5) is 23.9. The SMILES string of the molecule is CNc1cc([C@@H]2CCCN2C(=O)c2n[nH]c3ccccc23)nc(C)n1. The lowest BCUT2D eigenvalue weighted by Crippen LogP contribution is -2.31. The van der Waals surface area contributed by atoms with Gasteiger partial charge in [0.2, 0.25) is 0 Å². The summed E-state index contributed by atoms with van der Waals surface area (Å²) >= 11 is 0. The van der Waals surface area contributed by atoms with Gasteiger partial charge in [-0.15, -0.1) is 0 Å². The molecule has 128 valence electrons. The number of fused-ring (bicyclic) bond motifs is 1. The molecule has 1 aliphatic rings. The third kappa shape index (κ3) is 2.71. The van der Waals surface area contributed by atoms with Gasteiger partial charge in [-0.2, -0.15) is 5.10 Å². The fraction of sp³-hybridized carbons (Fsp3) is 0.333. The number of H-pyrrole nitrogens is 1. The van der Waals surface area contributed by atoms with E-state index >= 15 is 0 Å². The van der Waals surface area contributed by atoms with E-state index in [1.807, 2.05) is 49.2 Å². The molecule has 0 radical (unpaired) electrons. The van der Waals surface area contributed by atoms with Gasteiger partial charge in [-0.3, -0.25) is 9.89 Å². The first-order valence-corrected chi connectivity index (χ1v) is 8.45. The highest BCUT2D eigenvalue weighted by Crippen LogP contribution is 2.33. The van der Waals surface area contributed by atoms with Gasteiger partial charge < -0.3 is 10.2 Å². The van der Waals surface area contributed by atoms with Crippen molar-refractivity contribution in [2.45, 2.75) is 25.8 Å². The third-order valence-electron chi connectivity index (χ3n) is 4.64. The Morgan fingerprint density at radius 3 is 3.00 bits per heavy atom. The number of hydrogen-bond donors (Lipinski definition) is 2. The normalized spacial score (nSPS) is 17.2. The topological polar surface area (TPSA) is 86.8 Å². The minimum Gasteiger partial charge on any atom is -0.373 e. The summed E-state index contributed by atoms with van der Waals surface area (Å²) in [7, 11) is 1.83. The van der Waals surface area contributed by atoms with Crippen molar-refractivity contribution in [3.05, 3.63) is 47.5 Å². The number of aryl methyl sites for hydroxylation is 1. The summed E-state index contributed by atoms with van der Waals surface area (Å²) in [5.74, 6) is 1.42. The maximum absolute atomic E-state index is 13.1. The quantitative estimate of drug-likeness (QED) is 0.768. The minimum atomic E-state index is -0.0535. The Balaban J connectivity index is 1.70. The molecular formula is C18H20N6O. The highest BCUT2D eigenvalue weighted by Gasteiger charge is 2.33. The minimum absolute atomic E-state index is 0.0447. The van der Waals surface area contributed by atoms with Crippen LogP contribution in [0.2, 0.25) is 0 Å². The van der Waals surface area contributed by atoms with Crippen molar-refractivity contribution in [1.82, 2.24) is 25.1 Å². The Hall–Kier alpha value is -2.96. The zero-order chi connectivity index (χ0) is 17.4. The van der Waals surface area contributed by atoms with Crippen molar-refractivity contribution in [1.29, 1.82) is 0 Å². The number of amides is 1. The van der Waals surface area contributed by atoms with Crippen LogP contribution >= 0.6 is 0 Å². The van der Waals surface area contributed by atoms with Crippen LogP contribution in [0.15, 0.2) is 30.3 Å². The average Bonchev–Trinajstić information content (AvgIpc) is 3.27. The Bertz CT molecular complexity index is 934. The molecule has 2 aromatic heterocycles. The molecule has 7 nitrogen and oxygen atoms in total. The van der Waals surface area contributed by atoms with Crippen LogP contribution in [0.3, 0.4) is 0 Å². The summed E-state index contributed by atoms with van der Waals surface area (Å²) < 4.78 is 0. The number of nitrogens with one attached hydrogen (secondary N) is 2. The second-order valence-electron chi connectivity index (χ2n) is 6.25. The molecule has 2 N–H and O–H groups in total. The van der Waals surface area contributed by atoms with Gasteiger partial charge in [0.1, 0.15) is 11.6 Å². The Labute approximate surface area is 145 Å². The first-order chi connectivity index (χ1) is 12.2. The number of hydrogen-bond acceptors (Lipinski definition) is 5. The maximum Gasteiger partial charge on any atom is 0.275 e. The number of carbonyl (C=O) groups excluding carboxylic acids is 1. The third-order valence-corrected chi connectivity index (χ3v) is 4.64. The molecule has 0 unspecified atom stereocenters. The van der Waals surface area contributed by atoms with Crippen molar-refractivity contribution in [3.63, 3.8) is 0 Å². The number of aromatic amines is 1. The van der Waals surface area contributed by atoms with Crippen LogP contribution in [0.25, 0.3) is 10.9 Å². The lowest BCUT2D eigenvalue weighted by molar-refractivity contribution is 0.0728. The van der Waals surface area contributed by atoms with E-state index in [9.17, 15) is 4.79 Å². The van der Waals surface area contributed by atoms with Gasteiger partial charge in [0, 0.05) is 25.0 Å². The molecule has 3 aromatic rings. The van der Waals surface area contributed by atoms with Crippen LogP contribution in [0.4, 0.5) is 5.82 Å². The molecule has 1 atom stereocenters. The van der Waals surface area contributed by atoms with Gasteiger partial charge in [-0.25, -0.2) is 9.97 Å². The van der Waals surface area contributed by atoms with Gasteiger partial charge in [0.25, 0.3) is 5.91 Å². The predicted molar refractivity (Wildman–Crippen MR) is 95.4 cm³/mol. The average molecular weight is 336 g/mol. The number of benzene rings is 1. The van der Waals surface area contributed by atoms with Gasteiger partial charge in [-0.1, -0.05) is 18.2 Å². The van der Waals surface area contributed by atoms with E-state index in [0.29, 0.717) is 18.1 Å². The summed E-state index contributed by atoms with van der Waals surface area (Å²) in [5, 5.41) is 11.1. The monoisotopic (exact) mass is 336 g/mol. The van der Waals surface area contributed by atoms with Crippen molar-refractivity contribution in [2.75, 3.05) is 18.9 Å². The van der Waals surface area contributed by atoms with Crippen LogP contribution in [0, 0.1) is 6.92 Å². The molecule has 7 heteroatoms. The van der Waals surface area contributed by atoms with E-state index in [1.54, 1.807) is 0 Å². The number of rotatable bonds is 3. The molecule has 0 saturated carbocycles. The fourth-order valence-electron chi connectivity index (χ4n) is 3.47. The smallest absolute Gasteiger partial charge is 0.275 e. The van der Waals surface area contributed by atoms with Crippen LogP contribution in [0.5, 0.6) is 0 Å². The van der Waals surface area contributed by atoms with Crippen LogP contribution in [0.1, 0.15) is 40.9 Å². The van der Waals surface area contributed by atoms with E-state index < -0.39 is 0 Å². The molecule has 1 fully saturated rings. The lowest BCUT2D eigenvalue weighted by atomic mass is 10.1. The van der Waals surface area contributed by atoms with E-state index in [0.717, 1.165) is 35.3 Å². The summed E-state index contributed by atoms with van der Waals surface area (Å²) in [5.41, 5.74) is 2.22. The molecule has 1 amide bonds. The number of aromatic nitrogens is 4. The summed E-state index contributed by atoms with van der Waals surface area (Å²) in [6.45, 7) is 2.58. The van der Waals surface area contributed by atoms with E-state index in [1.165, 1.54) is 0 Å². The van der Waals surface area contributed by atoms with E-state index in [-0.39, 0.29) is 11.9 Å². The largest absolute Gasteiger partial charge is 0.373 e. The highest BCUT2D eigenvalue weighted by atomic mass is 16.2. The molecular weight excluding hydrogens is 316 g/mol. The van der Waals surface area contributed by atoms with Gasteiger partial charge in [0.05, 0.1) is 17.3 Å². The Morgan fingerprint density at radius 1 is 1.32 bits per heavy atom. The van der Waals surface area contributed by atoms with Crippen molar-refractivity contribution >= 4 is 22.6 Å². The molecule has 4 rings (SSSR count). The standard InChI is InChI=1S/C18H20N6O/c1-11-20-14(10-16(19-2)21-11)15-8-5-9-24(15)18(25)17-12-6-3-4-7-13(12)22-23-17/h3-4,6-7,10,15H,5,8-9H2,1-2H3,(H,22,23)(H,19,20,21)/t15-/m0/s1. The summed E-state index contributed by atoms with van der Waals surface area (Å²) in [6, 6.07) is 9.57. The van der Waals surface area contributed by atoms with Gasteiger partial charge >= 0.3 is 0 Å². The molecule has 1 aliphatic heterocycles. The molecule has 0 bridgehead atoms. The van der Waals surface area contributed by atoms with E-state index in [2.05, 4.69) is 25.5 Å². The molecule has 0 spiro atoms. The van der Waals surface area contributed by atoms with Crippen LogP contribution in [-0.2, 0) is 0 Å². The lowest BCUT2D eigenvalue weighted by Gasteiger charge is -2.24. The number of anilines is 1. The van der Waals surface area contributed by atoms with Crippen molar-refractivity contribution in [2.24, 2.45) is 0 Å². The number of para-hydroxylation sites is 1. The fourth-order valence-corrected chi connectivity index (χ4v) is 3.47. The zero-order valence-corrected chi connectivity index (χ0v) is 14.3. The zero-order valence-electron chi connectivity index (χ0n) is 14.3. The first-order valence-electron chi connectivity index (χ1n) is 8.45. The maximum atomic E-state index is 13.1. The number of nitrogens with zero attached hydrogens (tertiary/aromatic N) is 4. The van der Waals surface area contributed by atoms with Crippen LogP contribution in [-0.4, -0.2) is 44.6 Å². The molecule has 3 heterocycles. The van der Waals surface area contributed by atoms with Crippen LogP contribution < -0.4 is 5.32 Å². The van der Waals surface area contributed by atoms with Gasteiger partial charge in [-0.05, 0) is 25.8 Å². The number of likely N-dealkylation sites (tertiary alicyclic amines) is 1. The first kappa shape index (κ1) is 15.6. The molecule has 25 heavy (non-hydrogen) atoms. The van der Waals surface area contributed by atoms with Crippen molar-refractivity contribution < 1.29 is 4.79 Å². The Morgan fingerprint density at radius 2 is 2.16 bits per heavy atom. The Kier molecular flexibility index (Phi) is 3.83. The van der Waals surface area contributed by atoms with Crippen molar-refractivity contribution in [3.8, 4) is 0 Å². The number of carbonyl (C=O) groups is 1. The second kappa shape index (κ2) is 6.16. The molecule has 1 aromatic carbocycles. The van der Waals surface area contributed by atoms with Gasteiger partial charge in [0.15, 0.2) is 5.69 Å². The predicted octanol–water partition coefficient (Wildman–Crippen LogP) is 2.68. The summed E-state index contributed by atoms with van der Waals surface area (Å²) in [6.07, 6.45) is 1.85.